The van der Waals surface area contributed by atoms with Gasteiger partial charge in [0.05, 0.1) is 16.8 Å². The topological polar surface area (TPSA) is 87.8 Å². The van der Waals surface area contributed by atoms with Crippen LogP contribution in [0.3, 0.4) is 0 Å². The van der Waals surface area contributed by atoms with E-state index in [1.54, 1.807) is 53.9 Å². The van der Waals surface area contributed by atoms with Gasteiger partial charge in [0.2, 0.25) is 5.78 Å². The number of hydrogen-bond donors (Lipinski definition) is 1. The Balaban J connectivity index is 1.92. The van der Waals surface area contributed by atoms with Gasteiger partial charge in [-0.2, -0.15) is 9.61 Å². The molecule has 0 fully saturated rings. The van der Waals surface area contributed by atoms with E-state index < -0.39 is 6.09 Å². The highest BCUT2D eigenvalue weighted by molar-refractivity contribution is 7.12. The zero-order valence-corrected chi connectivity index (χ0v) is 14.1. The summed E-state index contributed by atoms with van der Waals surface area (Å²) in [7, 11) is 0. The Morgan fingerprint density at radius 1 is 1.08 bits per heavy atom. The van der Waals surface area contributed by atoms with Gasteiger partial charge in [0.25, 0.3) is 0 Å². The summed E-state index contributed by atoms with van der Waals surface area (Å²) < 4.78 is 1.40. The molecule has 1 aromatic carbocycles. The average molecular weight is 364 g/mol. The molecule has 0 aliphatic heterocycles. The van der Waals surface area contributed by atoms with E-state index >= 15 is 0 Å². The number of aromatic nitrogens is 3. The molecule has 0 saturated heterocycles. The molecule has 128 valence electrons. The number of carboxylic acid groups (broad SMARTS) is 1. The molecule has 7 nitrogen and oxygen atoms in total. The van der Waals surface area contributed by atoms with Gasteiger partial charge < -0.3 is 5.11 Å². The second-order valence-electron chi connectivity index (χ2n) is 5.36. The van der Waals surface area contributed by atoms with Crippen molar-refractivity contribution in [3.63, 3.8) is 0 Å². The number of hydrogen-bond acceptors (Lipinski definition) is 5. The van der Waals surface area contributed by atoms with Crippen molar-refractivity contribution in [2.75, 3.05) is 4.90 Å². The highest BCUT2D eigenvalue weighted by Gasteiger charge is 2.23. The zero-order valence-electron chi connectivity index (χ0n) is 13.3. The Hall–Kier alpha value is -3.52. The zero-order chi connectivity index (χ0) is 18.1. The summed E-state index contributed by atoms with van der Waals surface area (Å²) in [5.74, 6) is -0.0399. The fraction of sp³-hybridized carbons (Fsp3) is 0. The quantitative estimate of drug-likeness (QED) is 0.556. The van der Waals surface area contributed by atoms with Crippen LogP contribution in [0.5, 0.6) is 0 Å². The van der Waals surface area contributed by atoms with Gasteiger partial charge in [0.15, 0.2) is 5.65 Å². The molecule has 0 bridgehead atoms. The van der Waals surface area contributed by atoms with E-state index in [1.165, 1.54) is 28.1 Å². The molecule has 3 heterocycles. The van der Waals surface area contributed by atoms with Crippen molar-refractivity contribution in [2.24, 2.45) is 0 Å². The molecule has 0 unspecified atom stereocenters. The van der Waals surface area contributed by atoms with Crippen molar-refractivity contribution < 1.29 is 14.7 Å². The van der Waals surface area contributed by atoms with E-state index in [2.05, 4.69) is 10.1 Å². The van der Waals surface area contributed by atoms with Gasteiger partial charge in [-0.1, -0.05) is 24.3 Å². The summed E-state index contributed by atoms with van der Waals surface area (Å²) in [5.41, 5.74) is 1.000. The van der Waals surface area contributed by atoms with Gasteiger partial charge >= 0.3 is 6.09 Å². The van der Waals surface area contributed by atoms with Crippen molar-refractivity contribution in [3.8, 4) is 0 Å². The van der Waals surface area contributed by atoms with Crippen LogP contribution >= 0.6 is 11.3 Å². The van der Waals surface area contributed by atoms with E-state index in [0.29, 0.717) is 16.2 Å². The van der Waals surface area contributed by atoms with E-state index in [4.69, 9.17) is 0 Å². The van der Waals surface area contributed by atoms with E-state index in [-0.39, 0.29) is 17.3 Å². The maximum atomic E-state index is 12.7. The van der Waals surface area contributed by atoms with Gasteiger partial charge in [-0.3, -0.25) is 4.79 Å². The highest BCUT2D eigenvalue weighted by Crippen LogP contribution is 2.27. The molecule has 0 spiro atoms. The fourth-order valence-corrected chi connectivity index (χ4v) is 3.30. The van der Waals surface area contributed by atoms with Gasteiger partial charge in [-0.25, -0.2) is 14.7 Å². The summed E-state index contributed by atoms with van der Waals surface area (Å²) in [4.78, 5) is 30.6. The van der Waals surface area contributed by atoms with Crippen molar-refractivity contribution in [2.45, 2.75) is 0 Å². The maximum Gasteiger partial charge on any atom is 0.417 e. The number of thiophene rings is 1. The third kappa shape index (κ3) is 2.72. The Kier molecular flexibility index (Phi) is 3.94. The van der Waals surface area contributed by atoms with Gasteiger partial charge in [0.1, 0.15) is 11.5 Å². The minimum absolute atomic E-state index is 0.164. The second-order valence-corrected chi connectivity index (χ2v) is 6.31. The molecular formula is C18H12N4O3S. The number of anilines is 2. The number of carbonyl (C=O) groups is 2. The van der Waals surface area contributed by atoms with Crippen molar-refractivity contribution in [1.82, 2.24) is 14.6 Å². The van der Waals surface area contributed by atoms with Crippen molar-refractivity contribution >= 4 is 40.4 Å². The van der Waals surface area contributed by atoms with Crippen LogP contribution in [0.15, 0.2) is 66.2 Å². The van der Waals surface area contributed by atoms with Crippen LogP contribution < -0.4 is 4.90 Å². The smallest absolute Gasteiger partial charge is 0.417 e. The average Bonchev–Trinajstić information content (AvgIpc) is 3.33. The van der Waals surface area contributed by atoms with Crippen LogP contribution in [0.2, 0.25) is 0 Å². The first kappa shape index (κ1) is 16.0. The van der Waals surface area contributed by atoms with E-state index in [9.17, 15) is 14.7 Å². The van der Waals surface area contributed by atoms with Gasteiger partial charge in [-0.05, 0) is 23.6 Å². The molecule has 0 atom stereocenters. The first-order valence-corrected chi connectivity index (χ1v) is 8.54. The minimum atomic E-state index is -1.19. The maximum absolute atomic E-state index is 12.7. The predicted molar refractivity (Wildman–Crippen MR) is 97.3 cm³/mol. The molecule has 1 amide bonds. The summed E-state index contributed by atoms with van der Waals surface area (Å²) in [6.07, 6.45) is 0.324. The number of amides is 1. The molecule has 3 aromatic heterocycles. The van der Waals surface area contributed by atoms with Gasteiger partial charge in [0, 0.05) is 12.1 Å². The number of fused-ring (bicyclic) bond motifs is 1. The van der Waals surface area contributed by atoms with Crippen LogP contribution in [0.25, 0.3) is 5.65 Å². The first-order chi connectivity index (χ1) is 12.6. The standard InChI is InChI=1S/C18H12N4O3S/c23-17(14-7-4-10-26-14)13-11-16(22-15(20-13)8-9-19-22)21(18(24)25)12-5-2-1-3-6-12/h1-11H,(H,24,25). The highest BCUT2D eigenvalue weighted by atomic mass is 32.1. The normalized spacial score (nSPS) is 10.8. The fourth-order valence-electron chi connectivity index (χ4n) is 2.62. The van der Waals surface area contributed by atoms with Crippen LogP contribution in [0.1, 0.15) is 15.4 Å². The number of rotatable bonds is 4. The Bertz CT molecular complexity index is 1090. The third-order valence-electron chi connectivity index (χ3n) is 3.75. The molecular weight excluding hydrogens is 352 g/mol. The second kappa shape index (κ2) is 6.41. The lowest BCUT2D eigenvalue weighted by Gasteiger charge is -2.20. The Morgan fingerprint density at radius 2 is 1.88 bits per heavy atom. The van der Waals surface area contributed by atoms with Crippen molar-refractivity contribution in [3.05, 3.63) is 76.7 Å². The first-order valence-electron chi connectivity index (χ1n) is 7.66. The largest absolute Gasteiger partial charge is 0.464 e. The molecule has 0 saturated carbocycles. The summed E-state index contributed by atoms with van der Waals surface area (Å²) in [6, 6.07) is 15.2. The lowest BCUT2D eigenvalue weighted by atomic mass is 10.2. The molecule has 0 radical (unpaired) electrons. The molecule has 0 aliphatic carbocycles. The number of ketones is 1. The lowest BCUT2D eigenvalue weighted by Crippen LogP contribution is -2.26. The molecule has 4 aromatic rings. The number of carbonyl (C=O) groups excluding carboxylic acids is 1. The number of benzene rings is 1. The lowest BCUT2D eigenvalue weighted by molar-refractivity contribution is 0.103. The SMILES string of the molecule is O=C(c1cc(N(C(=O)O)c2ccccc2)n2nccc2n1)c1cccs1. The monoisotopic (exact) mass is 364 g/mol. The summed E-state index contributed by atoms with van der Waals surface area (Å²) in [5, 5.41) is 15.7. The van der Waals surface area contributed by atoms with Gasteiger partial charge in [-0.15, -0.1) is 11.3 Å². The molecule has 8 heteroatoms. The molecule has 26 heavy (non-hydrogen) atoms. The number of para-hydroxylation sites is 1. The summed E-state index contributed by atoms with van der Waals surface area (Å²) >= 11 is 1.31. The number of nitrogens with zero attached hydrogens (tertiary/aromatic N) is 4. The van der Waals surface area contributed by atoms with E-state index in [0.717, 1.165) is 4.90 Å². The third-order valence-corrected chi connectivity index (χ3v) is 4.62. The van der Waals surface area contributed by atoms with Crippen LogP contribution in [0.4, 0.5) is 16.3 Å². The van der Waals surface area contributed by atoms with Crippen LogP contribution in [0, 0.1) is 0 Å². The minimum Gasteiger partial charge on any atom is -0.464 e. The van der Waals surface area contributed by atoms with E-state index in [1.807, 2.05) is 0 Å². The molecule has 1 N–H and O–H groups in total. The van der Waals surface area contributed by atoms with Crippen LogP contribution in [-0.2, 0) is 0 Å². The summed E-state index contributed by atoms with van der Waals surface area (Å²) in [6.45, 7) is 0. The molecule has 4 rings (SSSR count). The van der Waals surface area contributed by atoms with Crippen LogP contribution in [-0.4, -0.2) is 31.6 Å². The van der Waals surface area contributed by atoms with Crippen molar-refractivity contribution in [1.29, 1.82) is 0 Å². The Morgan fingerprint density at radius 3 is 2.58 bits per heavy atom. The predicted octanol–water partition coefficient (Wildman–Crippen LogP) is 3.84. The Labute approximate surface area is 151 Å². The molecule has 0 aliphatic rings.